The number of nitrogens with zero attached hydrogens (tertiary/aromatic N) is 2. The van der Waals surface area contributed by atoms with Crippen LogP contribution in [-0.2, 0) is 16.0 Å². The Morgan fingerprint density at radius 1 is 1.23 bits per heavy atom. The molecular formula is C15H19Cl2N3O2. The standard InChI is InChI=1S/C15H19Cl2N3O2/c16-13-2-1-12(14(17)9-13)3-4-18-15(22)10-19-5-7-20(11-21)8-6-19/h1-2,9,11H,3-8,10H2,(H,18,22). The molecule has 7 heteroatoms. The molecule has 120 valence electrons. The Morgan fingerprint density at radius 2 is 1.95 bits per heavy atom. The monoisotopic (exact) mass is 343 g/mol. The lowest BCUT2D eigenvalue weighted by Crippen LogP contribution is -2.49. The van der Waals surface area contributed by atoms with E-state index in [1.165, 1.54) is 0 Å². The second-order valence-electron chi connectivity index (χ2n) is 5.25. The zero-order chi connectivity index (χ0) is 15.9. The van der Waals surface area contributed by atoms with Gasteiger partial charge in [0.15, 0.2) is 0 Å². The van der Waals surface area contributed by atoms with E-state index >= 15 is 0 Å². The molecule has 5 nitrogen and oxygen atoms in total. The molecule has 1 aliphatic rings. The predicted molar refractivity (Wildman–Crippen MR) is 87.3 cm³/mol. The van der Waals surface area contributed by atoms with E-state index in [9.17, 15) is 9.59 Å². The fourth-order valence-corrected chi connectivity index (χ4v) is 2.85. The van der Waals surface area contributed by atoms with Crippen LogP contribution >= 0.6 is 23.2 Å². The first-order chi connectivity index (χ1) is 10.6. The van der Waals surface area contributed by atoms with Crippen molar-refractivity contribution in [1.29, 1.82) is 0 Å². The third kappa shape index (κ3) is 5.16. The van der Waals surface area contributed by atoms with Crippen LogP contribution in [0.3, 0.4) is 0 Å². The molecule has 2 amide bonds. The van der Waals surface area contributed by atoms with Crippen LogP contribution in [0.4, 0.5) is 0 Å². The maximum Gasteiger partial charge on any atom is 0.234 e. The fraction of sp³-hybridized carbons (Fsp3) is 0.467. The molecule has 1 aromatic rings. The number of hydrogen-bond donors (Lipinski definition) is 1. The van der Waals surface area contributed by atoms with Crippen LogP contribution in [0.15, 0.2) is 18.2 Å². The molecule has 1 aromatic carbocycles. The van der Waals surface area contributed by atoms with Gasteiger partial charge in [0.25, 0.3) is 0 Å². The van der Waals surface area contributed by atoms with Crippen LogP contribution in [0, 0.1) is 0 Å². The van der Waals surface area contributed by atoms with Crippen molar-refractivity contribution in [2.24, 2.45) is 0 Å². The summed E-state index contributed by atoms with van der Waals surface area (Å²) in [5.41, 5.74) is 0.964. The fourth-order valence-electron chi connectivity index (χ4n) is 2.35. The predicted octanol–water partition coefficient (Wildman–Crippen LogP) is 1.43. The average molecular weight is 344 g/mol. The zero-order valence-electron chi connectivity index (χ0n) is 12.2. The first-order valence-corrected chi connectivity index (χ1v) is 7.96. The van der Waals surface area contributed by atoms with Crippen LogP contribution in [0.5, 0.6) is 0 Å². The molecule has 1 heterocycles. The maximum absolute atomic E-state index is 11.9. The lowest BCUT2D eigenvalue weighted by molar-refractivity contribution is -0.123. The van der Waals surface area contributed by atoms with E-state index in [2.05, 4.69) is 5.32 Å². The number of halogens is 2. The van der Waals surface area contributed by atoms with Crippen molar-refractivity contribution in [3.05, 3.63) is 33.8 Å². The van der Waals surface area contributed by atoms with Gasteiger partial charge in [0.2, 0.25) is 12.3 Å². The molecule has 2 rings (SSSR count). The summed E-state index contributed by atoms with van der Waals surface area (Å²) in [4.78, 5) is 26.3. The molecule has 1 saturated heterocycles. The van der Waals surface area contributed by atoms with Gasteiger partial charge in [0.05, 0.1) is 6.54 Å². The molecular weight excluding hydrogens is 325 g/mol. The number of nitrogens with one attached hydrogen (secondary N) is 1. The van der Waals surface area contributed by atoms with Crippen molar-refractivity contribution in [2.75, 3.05) is 39.3 Å². The van der Waals surface area contributed by atoms with E-state index in [4.69, 9.17) is 23.2 Å². The van der Waals surface area contributed by atoms with Crippen molar-refractivity contribution in [1.82, 2.24) is 15.1 Å². The van der Waals surface area contributed by atoms with Crippen molar-refractivity contribution in [3.63, 3.8) is 0 Å². The van der Waals surface area contributed by atoms with Crippen LogP contribution in [0.1, 0.15) is 5.56 Å². The third-order valence-corrected chi connectivity index (χ3v) is 4.24. The Bertz CT molecular complexity index is 532. The van der Waals surface area contributed by atoms with E-state index in [0.717, 1.165) is 25.1 Å². The van der Waals surface area contributed by atoms with Gasteiger partial charge in [-0.05, 0) is 24.1 Å². The number of rotatable bonds is 6. The van der Waals surface area contributed by atoms with Crippen molar-refractivity contribution < 1.29 is 9.59 Å². The molecule has 0 atom stereocenters. The van der Waals surface area contributed by atoms with Gasteiger partial charge in [-0.25, -0.2) is 0 Å². The number of benzene rings is 1. The Balaban J connectivity index is 1.68. The number of amides is 2. The van der Waals surface area contributed by atoms with E-state index in [1.54, 1.807) is 17.0 Å². The Labute approximate surface area is 140 Å². The van der Waals surface area contributed by atoms with Gasteiger partial charge in [-0.15, -0.1) is 0 Å². The Kier molecular flexibility index (Phi) is 6.49. The summed E-state index contributed by atoms with van der Waals surface area (Å²) in [6, 6.07) is 5.36. The summed E-state index contributed by atoms with van der Waals surface area (Å²) in [6.45, 7) is 3.72. The molecule has 22 heavy (non-hydrogen) atoms. The first-order valence-electron chi connectivity index (χ1n) is 7.21. The van der Waals surface area contributed by atoms with E-state index in [-0.39, 0.29) is 5.91 Å². The van der Waals surface area contributed by atoms with Crippen LogP contribution in [-0.4, -0.2) is 61.4 Å². The Hall–Kier alpha value is -1.30. The molecule has 0 spiro atoms. The summed E-state index contributed by atoms with van der Waals surface area (Å²) >= 11 is 11.9. The molecule has 1 N–H and O–H groups in total. The van der Waals surface area contributed by atoms with Gasteiger partial charge in [-0.2, -0.15) is 0 Å². The number of piperazine rings is 1. The smallest absolute Gasteiger partial charge is 0.234 e. The minimum Gasteiger partial charge on any atom is -0.355 e. The van der Waals surface area contributed by atoms with Gasteiger partial charge in [-0.1, -0.05) is 29.3 Å². The van der Waals surface area contributed by atoms with E-state index in [1.807, 2.05) is 11.0 Å². The maximum atomic E-state index is 11.9. The van der Waals surface area contributed by atoms with Crippen LogP contribution in [0.25, 0.3) is 0 Å². The quantitative estimate of drug-likeness (QED) is 0.795. The molecule has 0 unspecified atom stereocenters. The molecule has 1 aliphatic heterocycles. The number of carbonyl (C=O) groups is 2. The lowest BCUT2D eigenvalue weighted by atomic mass is 10.1. The van der Waals surface area contributed by atoms with E-state index < -0.39 is 0 Å². The highest BCUT2D eigenvalue weighted by Gasteiger charge is 2.17. The van der Waals surface area contributed by atoms with Crippen molar-refractivity contribution in [3.8, 4) is 0 Å². The first kappa shape index (κ1) is 17.1. The van der Waals surface area contributed by atoms with Crippen LogP contribution < -0.4 is 5.32 Å². The van der Waals surface area contributed by atoms with E-state index in [0.29, 0.717) is 42.6 Å². The SMILES string of the molecule is O=CN1CCN(CC(=O)NCCc2ccc(Cl)cc2Cl)CC1. The van der Waals surface area contributed by atoms with Gasteiger partial charge in [-0.3, -0.25) is 14.5 Å². The average Bonchev–Trinajstić information content (AvgIpc) is 2.50. The van der Waals surface area contributed by atoms with Crippen molar-refractivity contribution in [2.45, 2.75) is 6.42 Å². The van der Waals surface area contributed by atoms with Gasteiger partial charge in [0.1, 0.15) is 0 Å². The topological polar surface area (TPSA) is 52.7 Å². The Morgan fingerprint density at radius 3 is 2.59 bits per heavy atom. The van der Waals surface area contributed by atoms with Crippen molar-refractivity contribution >= 4 is 35.5 Å². The highest BCUT2D eigenvalue weighted by Crippen LogP contribution is 2.20. The minimum atomic E-state index is -0.00959. The summed E-state index contributed by atoms with van der Waals surface area (Å²) in [5.74, 6) is -0.00959. The molecule has 0 bridgehead atoms. The van der Waals surface area contributed by atoms with Gasteiger partial charge >= 0.3 is 0 Å². The van der Waals surface area contributed by atoms with Gasteiger partial charge in [0, 0.05) is 42.8 Å². The highest BCUT2D eigenvalue weighted by molar-refractivity contribution is 6.35. The largest absolute Gasteiger partial charge is 0.355 e. The second kappa shape index (κ2) is 8.36. The van der Waals surface area contributed by atoms with Crippen LogP contribution in [0.2, 0.25) is 10.0 Å². The molecule has 1 fully saturated rings. The summed E-state index contributed by atoms with van der Waals surface area (Å²) in [6.07, 6.45) is 1.52. The lowest BCUT2D eigenvalue weighted by Gasteiger charge is -2.31. The molecule has 0 aromatic heterocycles. The summed E-state index contributed by atoms with van der Waals surface area (Å²) < 4.78 is 0. The molecule has 0 radical (unpaired) electrons. The van der Waals surface area contributed by atoms with Gasteiger partial charge < -0.3 is 10.2 Å². The third-order valence-electron chi connectivity index (χ3n) is 3.65. The zero-order valence-corrected chi connectivity index (χ0v) is 13.7. The molecule has 0 aliphatic carbocycles. The molecule has 0 saturated carbocycles. The minimum absolute atomic E-state index is 0.00959. The normalized spacial score (nSPS) is 15.6. The summed E-state index contributed by atoms with van der Waals surface area (Å²) in [7, 11) is 0. The summed E-state index contributed by atoms with van der Waals surface area (Å²) in [5, 5.41) is 4.11. The number of carbonyl (C=O) groups excluding carboxylic acids is 2. The second-order valence-corrected chi connectivity index (χ2v) is 6.10. The highest BCUT2D eigenvalue weighted by atomic mass is 35.5. The number of hydrogen-bond acceptors (Lipinski definition) is 3.